The van der Waals surface area contributed by atoms with E-state index in [-0.39, 0.29) is 17.9 Å². The van der Waals surface area contributed by atoms with Gasteiger partial charge in [0.05, 0.1) is 0 Å². The summed E-state index contributed by atoms with van der Waals surface area (Å²) in [5.41, 5.74) is 0.504. The lowest BCUT2D eigenvalue weighted by Crippen LogP contribution is -2.56. The summed E-state index contributed by atoms with van der Waals surface area (Å²) < 4.78 is 0. The van der Waals surface area contributed by atoms with Gasteiger partial charge in [-0.2, -0.15) is 0 Å². The maximum absolute atomic E-state index is 13.1. The molecular formula is C22H32N2O2. The minimum Gasteiger partial charge on any atom is -0.351 e. The van der Waals surface area contributed by atoms with E-state index in [1.807, 2.05) is 30.0 Å². The predicted molar refractivity (Wildman–Crippen MR) is 104 cm³/mol. The summed E-state index contributed by atoms with van der Waals surface area (Å²) in [6.07, 6.45) is 10.3. The molecule has 0 radical (unpaired) electrons. The van der Waals surface area contributed by atoms with Crippen LogP contribution in [0.3, 0.4) is 0 Å². The van der Waals surface area contributed by atoms with Gasteiger partial charge in [0.1, 0.15) is 5.54 Å². The average Bonchev–Trinajstić information content (AvgIpc) is 2.92. The molecule has 26 heavy (non-hydrogen) atoms. The molecule has 2 fully saturated rings. The number of nitrogens with zero attached hydrogens (tertiary/aromatic N) is 1. The zero-order chi connectivity index (χ0) is 18.4. The van der Waals surface area contributed by atoms with Crippen LogP contribution in [0.25, 0.3) is 0 Å². The Hall–Kier alpha value is -1.84. The van der Waals surface area contributed by atoms with Crippen molar-refractivity contribution in [3.63, 3.8) is 0 Å². The smallest absolute Gasteiger partial charge is 0.245 e. The van der Waals surface area contributed by atoms with Crippen LogP contribution >= 0.6 is 0 Å². The van der Waals surface area contributed by atoms with Gasteiger partial charge in [0, 0.05) is 19.0 Å². The standard InChI is InChI=1S/C22H32N2O2/c1-22(21(26)23-19-12-8-3-2-4-9-13-19)16-14-20(25)24(22)17-15-18-10-6-5-7-11-18/h5-7,10-11,19H,2-4,8-9,12-17H2,1H3,(H,23,26)/t22-/m0/s1. The first kappa shape index (κ1) is 18.9. The maximum Gasteiger partial charge on any atom is 0.245 e. The summed E-state index contributed by atoms with van der Waals surface area (Å²) in [4.78, 5) is 27.4. The molecule has 0 aromatic heterocycles. The van der Waals surface area contributed by atoms with Gasteiger partial charge in [-0.1, -0.05) is 62.4 Å². The van der Waals surface area contributed by atoms with Gasteiger partial charge < -0.3 is 10.2 Å². The van der Waals surface area contributed by atoms with Crippen LogP contribution in [0.1, 0.15) is 70.3 Å². The van der Waals surface area contributed by atoms with Crippen molar-refractivity contribution in [2.24, 2.45) is 0 Å². The molecule has 0 unspecified atom stereocenters. The summed E-state index contributed by atoms with van der Waals surface area (Å²) in [6.45, 7) is 2.55. The molecular weight excluding hydrogens is 324 g/mol. The van der Waals surface area contributed by atoms with Crippen molar-refractivity contribution in [2.75, 3.05) is 6.54 Å². The monoisotopic (exact) mass is 356 g/mol. The number of nitrogens with one attached hydrogen (secondary N) is 1. The van der Waals surface area contributed by atoms with Crippen LogP contribution in [-0.2, 0) is 16.0 Å². The zero-order valence-corrected chi connectivity index (χ0v) is 16.0. The van der Waals surface area contributed by atoms with E-state index in [9.17, 15) is 9.59 Å². The van der Waals surface area contributed by atoms with Crippen molar-refractivity contribution in [3.05, 3.63) is 35.9 Å². The number of rotatable bonds is 5. The molecule has 0 spiro atoms. The largest absolute Gasteiger partial charge is 0.351 e. The molecule has 2 aliphatic rings. The molecule has 1 aromatic rings. The summed E-state index contributed by atoms with van der Waals surface area (Å²) in [5.74, 6) is 0.151. The van der Waals surface area contributed by atoms with Gasteiger partial charge in [0.25, 0.3) is 0 Å². The Morgan fingerprint density at radius 1 is 1.12 bits per heavy atom. The van der Waals surface area contributed by atoms with Gasteiger partial charge in [-0.3, -0.25) is 9.59 Å². The van der Waals surface area contributed by atoms with Crippen LogP contribution in [-0.4, -0.2) is 34.8 Å². The molecule has 1 aliphatic heterocycles. The van der Waals surface area contributed by atoms with E-state index >= 15 is 0 Å². The molecule has 142 valence electrons. The highest BCUT2D eigenvalue weighted by Gasteiger charge is 2.47. The quantitative estimate of drug-likeness (QED) is 0.871. The summed E-state index contributed by atoms with van der Waals surface area (Å²) >= 11 is 0. The third-order valence-electron chi connectivity index (χ3n) is 6.12. The number of carbonyl (C=O) groups is 2. The average molecular weight is 357 g/mol. The summed E-state index contributed by atoms with van der Waals surface area (Å²) in [5, 5.41) is 3.28. The van der Waals surface area contributed by atoms with Crippen LogP contribution in [0.2, 0.25) is 0 Å². The van der Waals surface area contributed by atoms with E-state index in [2.05, 4.69) is 17.4 Å². The number of carbonyl (C=O) groups excluding carboxylic acids is 2. The Kier molecular flexibility index (Phi) is 6.33. The number of hydrogen-bond donors (Lipinski definition) is 1. The highest BCUT2D eigenvalue weighted by Crippen LogP contribution is 2.31. The Morgan fingerprint density at radius 2 is 1.77 bits per heavy atom. The molecule has 1 atom stereocenters. The molecule has 1 saturated heterocycles. The zero-order valence-electron chi connectivity index (χ0n) is 16.0. The molecule has 4 heteroatoms. The van der Waals surface area contributed by atoms with Crippen molar-refractivity contribution in [3.8, 4) is 0 Å². The van der Waals surface area contributed by atoms with Gasteiger partial charge >= 0.3 is 0 Å². The van der Waals surface area contributed by atoms with Gasteiger partial charge in [0.15, 0.2) is 0 Å². The summed E-state index contributed by atoms with van der Waals surface area (Å²) in [7, 11) is 0. The molecule has 1 heterocycles. The van der Waals surface area contributed by atoms with E-state index in [4.69, 9.17) is 0 Å². The first-order valence-electron chi connectivity index (χ1n) is 10.2. The predicted octanol–water partition coefficient (Wildman–Crippen LogP) is 3.84. The minimum absolute atomic E-state index is 0.0435. The molecule has 1 aromatic carbocycles. The third-order valence-corrected chi connectivity index (χ3v) is 6.12. The van der Waals surface area contributed by atoms with Gasteiger partial charge in [-0.05, 0) is 38.2 Å². The lowest BCUT2D eigenvalue weighted by Gasteiger charge is -2.35. The fraction of sp³-hybridized carbons (Fsp3) is 0.636. The van der Waals surface area contributed by atoms with Gasteiger partial charge in [-0.25, -0.2) is 0 Å². The first-order valence-corrected chi connectivity index (χ1v) is 10.2. The number of benzene rings is 1. The van der Waals surface area contributed by atoms with Gasteiger partial charge in [0.2, 0.25) is 11.8 Å². The fourth-order valence-corrected chi connectivity index (χ4v) is 4.33. The molecule has 4 nitrogen and oxygen atoms in total. The van der Waals surface area contributed by atoms with Crippen molar-refractivity contribution in [2.45, 2.75) is 82.7 Å². The van der Waals surface area contributed by atoms with Crippen LogP contribution in [0.5, 0.6) is 0 Å². The van der Waals surface area contributed by atoms with Crippen LogP contribution < -0.4 is 5.32 Å². The Balaban J connectivity index is 1.63. The highest BCUT2D eigenvalue weighted by atomic mass is 16.2. The number of amides is 2. The van der Waals surface area contributed by atoms with Crippen molar-refractivity contribution >= 4 is 11.8 Å². The lowest BCUT2D eigenvalue weighted by molar-refractivity contribution is -0.141. The highest BCUT2D eigenvalue weighted by molar-refractivity contribution is 5.94. The van der Waals surface area contributed by atoms with Crippen molar-refractivity contribution in [1.82, 2.24) is 10.2 Å². The topological polar surface area (TPSA) is 49.4 Å². The van der Waals surface area contributed by atoms with E-state index in [0.717, 1.165) is 19.3 Å². The fourth-order valence-electron chi connectivity index (χ4n) is 4.33. The normalized spacial score (nSPS) is 25.0. The van der Waals surface area contributed by atoms with E-state index in [1.165, 1.54) is 37.7 Å². The second-order valence-electron chi connectivity index (χ2n) is 8.07. The molecule has 1 N–H and O–H groups in total. The van der Waals surface area contributed by atoms with Crippen molar-refractivity contribution in [1.29, 1.82) is 0 Å². The SMILES string of the molecule is C[C@@]1(C(=O)NC2CCCCCCC2)CCC(=O)N1CCc1ccccc1. The van der Waals surface area contributed by atoms with Gasteiger partial charge in [-0.15, -0.1) is 0 Å². The second-order valence-corrected chi connectivity index (χ2v) is 8.07. The lowest BCUT2D eigenvalue weighted by atomic mass is 9.93. The molecule has 3 rings (SSSR count). The first-order chi connectivity index (χ1) is 12.6. The summed E-state index contributed by atoms with van der Waals surface area (Å²) in [6, 6.07) is 10.4. The third kappa shape index (κ3) is 4.46. The van der Waals surface area contributed by atoms with E-state index in [0.29, 0.717) is 19.4 Å². The Labute approximate surface area is 157 Å². The Morgan fingerprint density at radius 3 is 2.46 bits per heavy atom. The van der Waals surface area contributed by atoms with E-state index in [1.54, 1.807) is 0 Å². The number of likely N-dealkylation sites (tertiary alicyclic amines) is 1. The maximum atomic E-state index is 13.1. The minimum atomic E-state index is -0.700. The van der Waals surface area contributed by atoms with Crippen molar-refractivity contribution < 1.29 is 9.59 Å². The Bertz CT molecular complexity index is 608. The van der Waals surface area contributed by atoms with Crippen LogP contribution in [0.4, 0.5) is 0 Å². The molecule has 2 amide bonds. The number of hydrogen-bond acceptors (Lipinski definition) is 2. The molecule has 1 saturated carbocycles. The van der Waals surface area contributed by atoms with Crippen LogP contribution in [0.15, 0.2) is 30.3 Å². The van der Waals surface area contributed by atoms with E-state index < -0.39 is 5.54 Å². The van der Waals surface area contributed by atoms with Crippen LogP contribution in [0, 0.1) is 0 Å². The second kappa shape index (κ2) is 8.70. The molecule has 1 aliphatic carbocycles. The molecule has 0 bridgehead atoms.